The van der Waals surface area contributed by atoms with E-state index in [4.69, 9.17) is 0 Å². The van der Waals surface area contributed by atoms with Crippen LogP contribution in [0.1, 0.15) is 19.4 Å². The molecule has 94 valence electrons. The highest BCUT2D eigenvalue weighted by atomic mass is 16.3. The third-order valence-corrected chi connectivity index (χ3v) is 3.69. The first-order valence-electron chi connectivity index (χ1n) is 6.32. The monoisotopic (exact) mass is 240 g/mol. The van der Waals surface area contributed by atoms with Crippen molar-refractivity contribution >= 4 is 5.57 Å². The molecular formula is C17H20O. The van der Waals surface area contributed by atoms with Gasteiger partial charge in [0.2, 0.25) is 0 Å². The minimum absolute atomic E-state index is 0.0420. The van der Waals surface area contributed by atoms with E-state index in [-0.39, 0.29) is 11.3 Å². The lowest BCUT2D eigenvalue weighted by Crippen LogP contribution is -2.33. The van der Waals surface area contributed by atoms with Crippen LogP contribution in [0.25, 0.3) is 5.57 Å². The molecule has 0 radical (unpaired) electrons. The quantitative estimate of drug-likeness (QED) is 0.793. The Kier molecular flexibility index (Phi) is 3.53. The lowest BCUT2D eigenvalue weighted by Gasteiger charge is -2.32. The summed E-state index contributed by atoms with van der Waals surface area (Å²) in [6, 6.07) is 10.2. The number of benzene rings is 1. The van der Waals surface area contributed by atoms with E-state index in [0.29, 0.717) is 0 Å². The van der Waals surface area contributed by atoms with Crippen molar-refractivity contribution in [1.29, 1.82) is 0 Å². The molecule has 0 saturated carbocycles. The first-order chi connectivity index (χ1) is 8.56. The summed E-state index contributed by atoms with van der Waals surface area (Å²) in [6.45, 7) is 7.85. The molecule has 1 nitrogen and oxygen atoms in total. The van der Waals surface area contributed by atoms with Crippen LogP contribution >= 0.6 is 0 Å². The Hall–Kier alpha value is -1.60. The molecule has 0 aliphatic heterocycles. The second-order valence-corrected chi connectivity index (χ2v) is 5.37. The van der Waals surface area contributed by atoms with Crippen molar-refractivity contribution in [2.24, 2.45) is 11.3 Å². The Morgan fingerprint density at radius 3 is 2.56 bits per heavy atom. The zero-order chi connectivity index (χ0) is 13.2. The fraction of sp³-hybridized carbons (Fsp3) is 0.294. The molecule has 1 aliphatic rings. The van der Waals surface area contributed by atoms with Gasteiger partial charge in [0.05, 0.1) is 6.10 Å². The summed E-state index contributed by atoms with van der Waals surface area (Å²) in [7, 11) is 0. The highest BCUT2D eigenvalue weighted by Gasteiger charge is 2.33. The van der Waals surface area contributed by atoms with Gasteiger partial charge in [0, 0.05) is 11.3 Å². The van der Waals surface area contributed by atoms with Crippen molar-refractivity contribution in [3.05, 3.63) is 66.8 Å². The molecule has 1 aromatic rings. The molecule has 1 N–H and O–H groups in total. The number of aliphatic hydroxyl groups excluding tert-OH is 1. The summed E-state index contributed by atoms with van der Waals surface area (Å²) < 4.78 is 0. The van der Waals surface area contributed by atoms with Crippen molar-refractivity contribution in [3.63, 3.8) is 0 Å². The summed E-state index contributed by atoms with van der Waals surface area (Å²) in [6.07, 6.45) is 7.54. The third-order valence-electron chi connectivity index (χ3n) is 3.69. The van der Waals surface area contributed by atoms with E-state index in [1.54, 1.807) is 0 Å². The van der Waals surface area contributed by atoms with E-state index in [0.717, 1.165) is 0 Å². The van der Waals surface area contributed by atoms with Crippen molar-refractivity contribution in [2.45, 2.75) is 20.0 Å². The second-order valence-electron chi connectivity index (χ2n) is 5.37. The van der Waals surface area contributed by atoms with E-state index in [9.17, 15) is 5.11 Å². The van der Waals surface area contributed by atoms with Crippen LogP contribution in [0.5, 0.6) is 0 Å². The van der Waals surface area contributed by atoms with E-state index in [2.05, 4.69) is 30.9 Å². The van der Waals surface area contributed by atoms with Crippen molar-refractivity contribution in [2.75, 3.05) is 0 Å². The summed E-state index contributed by atoms with van der Waals surface area (Å²) >= 11 is 0. The van der Waals surface area contributed by atoms with Crippen LogP contribution in [0.15, 0.2) is 61.2 Å². The van der Waals surface area contributed by atoms with Gasteiger partial charge in [-0.1, -0.05) is 68.5 Å². The molecule has 0 spiro atoms. The molecule has 0 heterocycles. The molecule has 1 aliphatic carbocycles. The van der Waals surface area contributed by atoms with Gasteiger partial charge in [-0.25, -0.2) is 0 Å². The Morgan fingerprint density at radius 1 is 1.28 bits per heavy atom. The van der Waals surface area contributed by atoms with Gasteiger partial charge < -0.3 is 5.11 Å². The molecule has 0 aromatic heterocycles. The molecule has 18 heavy (non-hydrogen) atoms. The smallest absolute Gasteiger partial charge is 0.0728 e. The Morgan fingerprint density at radius 2 is 1.94 bits per heavy atom. The van der Waals surface area contributed by atoms with Crippen LogP contribution in [-0.4, -0.2) is 11.2 Å². The van der Waals surface area contributed by atoms with E-state index in [1.807, 2.05) is 44.2 Å². The van der Waals surface area contributed by atoms with Crippen LogP contribution in [0.2, 0.25) is 0 Å². The zero-order valence-electron chi connectivity index (χ0n) is 11.0. The molecule has 2 atom stereocenters. The SMILES string of the molecule is C=CC(C)(C)C(O)C1C=CC=C1c1ccccc1. The predicted octanol–water partition coefficient (Wildman–Crippen LogP) is 3.83. The van der Waals surface area contributed by atoms with Gasteiger partial charge in [0.1, 0.15) is 0 Å². The van der Waals surface area contributed by atoms with Crippen molar-refractivity contribution in [3.8, 4) is 0 Å². The van der Waals surface area contributed by atoms with Gasteiger partial charge in [-0.3, -0.25) is 0 Å². The van der Waals surface area contributed by atoms with Gasteiger partial charge in [0.25, 0.3) is 0 Å². The molecule has 1 aromatic carbocycles. The van der Waals surface area contributed by atoms with Crippen LogP contribution in [0.4, 0.5) is 0 Å². The van der Waals surface area contributed by atoms with E-state index >= 15 is 0 Å². The van der Waals surface area contributed by atoms with E-state index < -0.39 is 6.10 Å². The second kappa shape index (κ2) is 4.95. The summed E-state index contributed by atoms with van der Waals surface area (Å²) in [5.41, 5.74) is 2.05. The zero-order valence-corrected chi connectivity index (χ0v) is 11.0. The first kappa shape index (κ1) is 12.8. The normalized spacial score (nSPS) is 20.6. The minimum Gasteiger partial charge on any atom is -0.391 e. The summed E-state index contributed by atoms with van der Waals surface area (Å²) in [5, 5.41) is 10.5. The average Bonchev–Trinajstić information content (AvgIpc) is 2.87. The standard InChI is InChI=1S/C17H20O/c1-4-17(2,3)16(18)15-12-8-11-14(15)13-9-6-5-7-10-13/h4-12,15-16,18H,1H2,2-3H3. The molecule has 1 heteroatoms. The highest BCUT2D eigenvalue weighted by molar-refractivity contribution is 5.73. The van der Waals surface area contributed by atoms with Crippen LogP contribution in [0.3, 0.4) is 0 Å². The molecule has 0 amide bonds. The maximum Gasteiger partial charge on any atom is 0.0728 e. The Labute approximate surface area is 109 Å². The van der Waals surface area contributed by atoms with Crippen LogP contribution < -0.4 is 0 Å². The molecule has 0 fully saturated rings. The molecule has 2 rings (SSSR count). The molecule has 0 saturated heterocycles. The lowest BCUT2D eigenvalue weighted by atomic mass is 9.76. The molecule has 2 unspecified atom stereocenters. The summed E-state index contributed by atoms with van der Waals surface area (Å²) in [5.74, 6) is 0.0420. The number of hydrogen-bond donors (Lipinski definition) is 1. The Bertz CT molecular complexity index is 480. The lowest BCUT2D eigenvalue weighted by molar-refractivity contribution is 0.0636. The fourth-order valence-corrected chi connectivity index (χ4v) is 2.27. The number of hydrogen-bond acceptors (Lipinski definition) is 1. The number of allylic oxidation sites excluding steroid dienone is 2. The van der Waals surface area contributed by atoms with Crippen molar-refractivity contribution in [1.82, 2.24) is 0 Å². The average molecular weight is 240 g/mol. The maximum absolute atomic E-state index is 10.5. The minimum atomic E-state index is -0.458. The number of aliphatic hydroxyl groups is 1. The van der Waals surface area contributed by atoms with Gasteiger partial charge in [-0.05, 0) is 11.1 Å². The van der Waals surface area contributed by atoms with Crippen LogP contribution in [-0.2, 0) is 0 Å². The molecular weight excluding hydrogens is 220 g/mol. The maximum atomic E-state index is 10.5. The Balaban J connectivity index is 2.28. The fourth-order valence-electron chi connectivity index (χ4n) is 2.27. The van der Waals surface area contributed by atoms with E-state index in [1.165, 1.54) is 11.1 Å². The predicted molar refractivity (Wildman–Crippen MR) is 77.0 cm³/mol. The highest BCUT2D eigenvalue weighted by Crippen LogP contribution is 2.38. The largest absolute Gasteiger partial charge is 0.391 e. The van der Waals surface area contributed by atoms with Gasteiger partial charge >= 0.3 is 0 Å². The van der Waals surface area contributed by atoms with Gasteiger partial charge in [-0.2, -0.15) is 0 Å². The topological polar surface area (TPSA) is 20.2 Å². The van der Waals surface area contributed by atoms with Gasteiger partial charge in [0.15, 0.2) is 0 Å². The molecule has 0 bridgehead atoms. The third kappa shape index (κ3) is 2.32. The summed E-state index contributed by atoms with van der Waals surface area (Å²) in [4.78, 5) is 0. The van der Waals surface area contributed by atoms with Crippen LogP contribution in [0, 0.1) is 11.3 Å². The van der Waals surface area contributed by atoms with Gasteiger partial charge in [-0.15, -0.1) is 6.58 Å². The number of rotatable bonds is 4. The first-order valence-corrected chi connectivity index (χ1v) is 6.32. The van der Waals surface area contributed by atoms with Crippen molar-refractivity contribution < 1.29 is 5.11 Å².